The van der Waals surface area contributed by atoms with E-state index in [1.807, 2.05) is 26.2 Å². The first-order chi connectivity index (χ1) is 12.5. The summed E-state index contributed by atoms with van der Waals surface area (Å²) in [6, 6.07) is 9.06. The number of aryl methyl sites for hydroxylation is 2. The lowest BCUT2D eigenvalue weighted by molar-refractivity contribution is -0.144. The van der Waals surface area contributed by atoms with E-state index < -0.39 is 0 Å². The lowest BCUT2D eigenvalue weighted by Gasteiger charge is -2.10. The topological polar surface area (TPSA) is 93.2 Å². The van der Waals surface area contributed by atoms with Crippen molar-refractivity contribution in [2.45, 2.75) is 32.0 Å². The van der Waals surface area contributed by atoms with Crippen molar-refractivity contribution >= 4 is 23.5 Å². The van der Waals surface area contributed by atoms with Crippen LogP contribution in [0.2, 0.25) is 0 Å². The first-order valence-electron chi connectivity index (χ1n) is 7.93. The van der Waals surface area contributed by atoms with Gasteiger partial charge < -0.3 is 4.74 Å². The Morgan fingerprint density at radius 3 is 2.88 bits per heavy atom. The number of rotatable bonds is 5. The number of aromatic nitrogens is 4. The zero-order chi connectivity index (χ0) is 18.7. The van der Waals surface area contributed by atoms with Crippen molar-refractivity contribution in [2.24, 2.45) is 0 Å². The summed E-state index contributed by atoms with van der Waals surface area (Å²) in [6.45, 7) is 3.86. The standard InChI is InChI=1S/C18H17N5O2S/c1-11-15(12(2)23-17(20-11)21-18(22-23)26-3)8-16(24)25-10-14-6-4-5-13(7-14)9-19/h4-7H,8,10H2,1-3H3. The van der Waals surface area contributed by atoms with Gasteiger partial charge in [-0.15, -0.1) is 5.10 Å². The molecule has 0 aliphatic rings. The van der Waals surface area contributed by atoms with Crippen LogP contribution in [0.15, 0.2) is 29.4 Å². The summed E-state index contributed by atoms with van der Waals surface area (Å²) in [5.74, 6) is 0.166. The third-order valence-electron chi connectivity index (χ3n) is 3.99. The van der Waals surface area contributed by atoms with Crippen molar-refractivity contribution in [2.75, 3.05) is 6.26 Å². The fourth-order valence-corrected chi connectivity index (χ4v) is 2.96. The van der Waals surface area contributed by atoms with Crippen molar-refractivity contribution in [3.05, 3.63) is 52.3 Å². The number of hydrogen-bond donors (Lipinski definition) is 0. The Morgan fingerprint density at radius 2 is 2.15 bits per heavy atom. The van der Waals surface area contributed by atoms with Gasteiger partial charge in [-0.05, 0) is 37.8 Å². The van der Waals surface area contributed by atoms with Crippen LogP contribution in [-0.4, -0.2) is 31.8 Å². The van der Waals surface area contributed by atoms with Gasteiger partial charge in [0.2, 0.25) is 5.16 Å². The number of thioether (sulfide) groups is 1. The highest BCUT2D eigenvalue weighted by Gasteiger charge is 2.16. The zero-order valence-corrected chi connectivity index (χ0v) is 15.5. The molecule has 0 saturated heterocycles. The average molecular weight is 367 g/mol. The number of nitriles is 1. The second-order valence-electron chi connectivity index (χ2n) is 5.72. The van der Waals surface area contributed by atoms with Gasteiger partial charge in [-0.25, -0.2) is 9.50 Å². The molecule has 0 radical (unpaired) electrons. The van der Waals surface area contributed by atoms with Gasteiger partial charge in [0, 0.05) is 17.0 Å². The highest BCUT2D eigenvalue weighted by Crippen LogP contribution is 2.17. The van der Waals surface area contributed by atoms with Gasteiger partial charge >= 0.3 is 5.97 Å². The molecule has 0 amide bonds. The summed E-state index contributed by atoms with van der Waals surface area (Å²) in [4.78, 5) is 21.0. The molecule has 1 aromatic carbocycles. The molecule has 0 atom stereocenters. The Morgan fingerprint density at radius 1 is 1.35 bits per heavy atom. The van der Waals surface area contributed by atoms with E-state index in [-0.39, 0.29) is 19.0 Å². The predicted octanol–water partition coefficient (Wildman–Crippen LogP) is 2.62. The molecule has 0 bridgehead atoms. The molecule has 0 spiro atoms. The molecule has 0 fully saturated rings. The first kappa shape index (κ1) is 17.9. The first-order valence-corrected chi connectivity index (χ1v) is 9.15. The summed E-state index contributed by atoms with van der Waals surface area (Å²) >= 11 is 1.44. The second kappa shape index (κ2) is 7.54. The summed E-state index contributed by atoms with van der Waals surface area (Å²) in [5, 5.41) is 13.9. The quantitative estimate of drug-likeness (QED) is 0.505. The minimum atomic E-state index is -0.357. The minimum absolute atomic E-state index is 0.104. The molecular weight excluding hydrogens is 350 g/mol. The van der Waals surface area contributed by atoms with Crippen molar-refractivity contribution in [1.82, 2.24) is 19.6 Å². The number of fused-ring (bicyclic) bond motifs is 1. The van der Waals surface area contributed by atoms with Crippen LogP contribution in [0.1, 0.15) is 28.1 Å². The fraction of sp³-hybridized carbons (Fsp3) is 0.278. The maximum absolute atomic E-state index is 12.3. The molecule has 0 unspecified atom stereocenters. The Balaban J connectivity index is 1.75. The van der Waals surface area contributed by atoms with Crippen LogP contribution in [0.3, 0.4) is 0 Å². The van der Waals surface area contributed by atoms with Crippen LogP contribution >= 0.6 is 11.8 Å². The number of ether oxygens (including phenoxy) is 1. The monoisotopic (exact) mass is 367 g/mol. The summed E-state index contributed by atoms with van der Waals surface area (Å²) in [5.41, 5.74) is 3.66. The zero-order valence-electron chi connectivity index (χ0n) is 14.7. The van der Waals surface area contributed by atoms with Crippen LogP contribution in [0.4, 0.5) is 0 Å². The van der Waals surface area contributed by atoms with E-state index in [1.165, 1.54) is 11.8 Å². The molecule has 2 aromatic heterocycles. The molecule has 132 valence electrons. The van der Waals surface area contributed by atoms with E-state index >= 15 is 0 Å². The van der Waals surface area contributed by atoms with E-state index in [0.717, 1.165) is 22.5 Å². The Labute approximate surface area is 155 Å². The SMILES string of the molecule is CSc1nc2nc(C)c(CC(=O)OCc3cccc(C#N)c3)c(C)n2n1. The van der Waals surface area contributed by atoms with Crippen molar-refractivity contribution < 1.29 is 9.53 Å². The molecule has 0 N–H and O–H groups in total. The smallest absolute Gasteiger partial charge is 0.310 e. The molecule has 0 aliphatic carbocycles. The van der Waals surface area contributed by atoms with E-state index in [4.69, 9.17) is 10.00 Å². The van der Waals surface area contributed by atoms with Gasteiger partial charge in [-0.3, -0.25) is 4.79 Å². The minimum Gasteiger partial charge on any atom is -0.461 e. The van der Waals surface area contributed by atoms with Gasteiger partial charge in [0.05, 0.1) is 18.1 Å². The molecule has 0 aliphatic heterocycles. The van der Waals surface area contributed by atoms with Gasteiger partial charge in [0.1, 0.15) is 6.61 Å². The highest BCUT2D eigenvalue weighted by molar-refractivity contribution is 7.98. The van der Waals surface area contributed by atoms with E-state index in [1.54, 1.807) is 22.7 Å². The van der Waals surface area contributed by atoms with Crippen molar-refractivity contribution in [3.63, 3.8) is 0 Å². The number of benzene rings is 1. The van der Waals surface area contributed by atoms with Gasteiger partial charge in [-0.2, -0.15) is 10.2 Å². The van der Waals surface area contributed by atoms with Crippen LogP contribution in [0, 0.1) is 25.2 Å². The number of hydrogen-bond acceptors (Lipinski definition) is 7. The Kier molecular flexibility index (Phi) is 5.19. The molecule has 3 rings (SSSR count). The summed E-state index contributed by atoms with van der Waals surface area (Å²) in [7, 11) is 0. The van der Waals surface area contributed by atoms with Crippen LogP contribution < -0.4 is 0 Å². The van der Waals surface area contributed by atoms with Crippen LogP contribution in [0.5, 0.6) is 0 Å². The molecule has 3 aromatic rings. The Hall–Kier alpha value is -2.92. The van der Waals surface area contributed by atoms with Crippen LogP contribution in [0.25, 0.3) is 5.78 Å². The highest BCUT2D eigenvalue weighted by atomic mass is 32.2. The number of esters is 1. The molecule has 7 nitrogen and oxygen atoms in total. The van der Waals surface area contributed by atoms with Crippen molar-refractivity contribution in [3.8, 4) is 6.07 Å². The molecular formula is C18H17N5O2S. The predicted molar refractivity (Wildman–Crippen MR) is 96.7 cm³/mol. The lowest BCUT2D eigenvalue weighted by Crippen LogP contribution is -2.13. The summed E-state index contributed by atoms with van der Waals surface area (Å²) < 4.78 is 7.01. The number of nitrogens with zero attached hydrogens (tertiary/aromatic N) is 5. The van der Waals surface area contributed by atoms with Gasteiger partial charge in [0.15, 0.2) is 0 Å². The molecule has 2 heterocycles. The molecule has 0 saturated carbocycles. The van der Waals surface area contributed by atoms with Gasteiger partial charge in [-0.1, -0.05) is 23.9 Å². The molecule has 26 heavy (non-hydrogen) atoms. The largest absolute Gasteiger partial charge is 0.461 e. The maximum atomic E-state index is 12.3. The Bertz CT molecular complexity index is 1020. The number of carbonyl (C=O) groups is 1. The third kappa shape index (κ3) is 3.68. The van der Waals surface area contributed by atoms with E-state index in [9.17, 15) is 4.79 Å². The van der Waals surface area contributed by atoms with E-state index in [0.29, 0.717) is 16.5 Å². The summed E-state index contributed by atoms with van der Waals surface area (Å²) in [6.07, 6.45) is 2.00. The van der Waals surface area contributed by atoms with E-state index in [2.05, 4.69) is 21.1 Å². The molecule has 8 heteroatoms. The van der Waals surface area contributed by atoms with Gasteiger partial charge in [0.25, 0.3) is 5.78 Å². The maximum Gasteiger partial charge on any atom is 0.310 e. The normalized spacial score (nSPS) is 10.7. The average Bonchev–Trinajstić information content (AvgIpc) is 3.07. The second-order valence-corrected chi connectivity index (χ2v) is 6.49. The third-order valence-corrected chi connectivity index (χ3v) is 4.53. The fourth-order valence-electron chi connectivity index (χ4n) is 2.62. The van der Waals surface area contributed by atoms with Crippen molar-refractivity contribution in [1.29, 1.82) is 5.26 Å². The number of carbonyl (C=O) groups excluding carboxylic acids is 1. The lowest BCUT2D eigenvalue weighted by atomic mass is 10.1. The van der Waals surface area contributed by atoms with Crippen LogP contribution in [-0.2, 0) is 22.6 Å².